The van der Waals surface area contributed by atoms with E-state index in [4.69, 9.17) is 9.47 Å². The van der Waals surface area contributed by atoms with Gasteiger partial charge in [-0.15, -0.1) is 0 Å². The third-order valence-corrected chi connectivity index (χ3v) is 4.81. The van der Waals surface area contributed by atoms with Crippen LogP contribution in [0, 0.1) is 10.1 Å². The molecule has 13 nitrogen and oxygen atoms in total. The van der Waals surface area contributed by atoms with E-state index in [9.17, 15) is 19.7 Å². The van der Waals surface area contributed by atoms with E-state index in [1.165, 1.54) is 38.7 Å². The normalized spacial score (nSPS) is 14.5. The molecule has 0 aliphatic carbocycles. The molecule has 1 aliphatic heterocycles. The first-order chi connectivity index (χ1) is 15.3. The number of piperazine rings is 1. The van der Waals surface area contributed by atoms with Crippen molar-refractivity contribution in [1.29, 1.82) is 0 Å². The quantitative estimate of drug-likeness (QED) is 0.358. The number of hydrazine groups is 1. The fraction of sp³-hybridized carbons (Fsp3) is 0.368. The smallest absolute Gasteiger partial charge is 0.354 e. The average Bonchev–Trinajstić information content (AvgIpc) is 2.79. The summed E-state index contributed by atoms with van der Waals surface area (Å²) in [4.78, 5) is 45.4. The van der Waals surface area contributed by atoms with Crippen LogP contribution in [0.25, 0.3) is 0 Å². The summed E-state index contributed by atoms with van der Waals surface area (Å²) in [5, 5.41) is 16.5. The maximum Gasteiger partial charge on any atom is 0.354 e. The maximum absolute atomic E-state index is 12.0. The van der Waals surface area contributed by atoms with E-state index >= 15 is 0 Å². The highest BCUT2D eigenvalue weighted by Gasteiger charge is 2.26. The number of hydrogen-bond acceptors (Lipinski definition) is 12. The molecule has 0 saturated carbocycles. The predicted molar refractivity (Wildman–Crippen MR) is 114 cm³/mol. The van der Waals surface area contributed by atoms with Gasteiger partial charge < -0.3 is 19.7 Å². The number of esters is 2. The van der Waals surface area contributed by atoms with Gasteiger partial charge in [0.1, 0.15) is 6.33 Å². The standard InChI is InChI=1S/C19H23N7O6/c1-24-4-6-25(7-5-24)23-17-15(26(29)30)16(20-11-21-17)22-14-9-12(18(27)31-2)8-13(10-14)19(28)32-3/h8-11H,4-7H2,1-3H3,(H2,20,21,22,23). The summed E-state index contributed by atoms with van der Waals surface area (Å²) < 4.78 is 9.42. The number of carbonyl (C=O) groups excluding carboxylic acids is 2. The van der Waals surface area contributed by atoms with Crippen molar-refractivity contribution in [1.82, 2.24) is 19.9 Å². The molecule has 2 aromatic rings. The zero-order valence-electron chi connectivity index (χ0n) is 17.8. The van der Waals surface area contributed by atoms with Crippen LogP contribution in [-0.2, 0) is 9.47 Å². The van der Waals surface area contributed by atoms with Gasteiger partial charge in [0, 0.05) is 31.9 Å². The number of benzene rings is 1. The van der Waals surface area contributed by atoms with Gasteiger partial charge in [0.15, 0.2) is 0 Å². The van der Waals surface area contributed by atoms with Gasteiger partial charge in [-0.25, -0.2) is 24.6 Å². The maximum atomic E-state index is 12.0. The van der Waals surface area contributed by atoms with Gasteiger partial charge in [0.25, 0.3) is 0 Å². The Morgan fingerprint density at radius 3 is 2.09 bits per heavy atom. The summed E-state index contributed by atoms with van der Waals surface area (Å²) >= 11 is 0. The Balaban J connectivity index is 1.95. The lowest BCUT2D eigenvalue weighted by atomic mass is 10.1. The molecule has 1 aromatic carbocycles. The molecule has 1 fully saturated rings. The number of nitro groups is 1. The van der Waals surface area contributed by atoms with Crippen molar-refractivity contribution in [3.63, 3.8) is 0 Å². The van der Waals surface area contributed by atoms with E-state index in [0.29, 0.717) is 13.1 Å². The van der Waals surface area contributed by atoms with E-state index in [1.807, 2.05) is 12.1 Å². The van der Waals surface area contributed by atoms with Gasteiger partial charge in [-0.1, -0.05) is 0 Å². The van der Waals surface area contributed by atoms with Crippen LogP contribution in [0.5, 0.6) is 0 Å². The molecule has 1 aliphatic rings. The summed E-state index contributed by atoms with van der Waals surface area (Å²) in [6.45, 7) is 2.91. The number of hydrogen-bond donors (Lipinski definition) is 2. The first kappa shape index (κ1) is 22.8. The van der Waals surface area contributed by atoms with Crippen molar-refractivity contribution in [3.8, 4) is 0 Å². The van der Waals surface area contributed by atoms with Crippen molar-refractivity contribution in [3.05, 3.63) is 45.8 Å². The molecule has 2 heterocycles. The Hall–Kier alpha value is -3.84. The molecule has 0 radical (unpaired) electrons. The summed E-state index contributed by atoms with van der Waals surface area (Å²) in [6.07, 6.45) is 1.18. The van der Waals surface area contributed by atoms with Crippen LogP contribution in [0.4, 0.5) is 23.0 Å². The number of carbonyl (C=O) groups is 2. The number of anilines is 3. The zero-order chi connectivity index (χ0) is 23.3. The van der Waals surface area contributed by atoms with Crippen molar-refractivity contribution < 1.29 is 24.0 Å². The van der Waals surface area contributed by atoms with Crippen LogP contribution < -0.4 is 10.7 Å². The summed E-state index contributed by atoms with van der Waals surface area (Å²) in [5.74, 6) is -1.46. The van der Waals surface area contributed by atoms with Crippen LogP contribution in [0.2, 0.25) is 0 Å². The molecule has 0 spiro atoms. The van der Waals surface area contributed by atoms with E-state index in [2.05, 4.69) is 25.6 Å². The highest BCUT2D eigenvalue weighted by Crippen LogP contribution is 2.32. The minimum atomic E-state index is -0.687. The Morgan fingerprint density at radius 1 is 1.00 bits per heavy atom. The summed E-state index contributed by atoms with van der Waals surface area (Å²) in [5.41, 5.74) is 2.93. The number of ether oxygens (including phenoxy) is 2. The fourth-order valence-electron chi connectivity index (χ4n) is 3.10. The molecular weight excluding hydrogens is 422 g/mol. The molecule has 0 bridgehead atoms. The molecule has 0 atom stereocenters. The number of likely N-dealkylation sites (N-methyl/N-ethyl adjacent to an activating group) is 1. The molecule has 3 rings (SSSR count). The highest BCUT2D eigenvalue weighted by molar-refractivity contribution is 5.97. The second-order valence-corrected chi connectivity index (χ2v) is 6.99. The Bertz CT molecular complexity index is 989. The zero-order valence-corrected chi connectivity index (χ0v) is 17.8. The Morgan fingerprint density at radius 2 is 1.56 bits per heavy atom. The SMILES string of the molecule is COC(=O)c1cc(Nc2ncnc(NN3CCN(C)CC3)c2[N+](=O)[O-])cc(C(=O)OC)c1. The molecular formula is C19H23N7O6. The van der Waals surface area contributed by atoms with Crippen LogP contribution >= 0.6 is 0 Å². The van der Waals surface area contributed by atoms with E-state index in [1.54, 1.807) is 0 Å². The number of rotatable bonds is 7. The average molecular weight is 445 g/mol. The topological polar surface area (TPSA) is 152 Å². The van der Waals surface area contributed by atoms with Gasteiger partial charge in [0.05, 0.1) is 30.3 Å². The molecule has 1 saturated heterocycles. The second-order valence-electron chi connectivity index (χ2n) is 6.99. The van der Waals surface area contributed by atoms with Gasteiger partial charge in [0.2, 0.25) is 11.6 Å². The first-order valence-corrected chi connectivity index (χ1v) is 9.60. The minimum Gasteiger partial charge on any atom is -0.465 e. The molecule has 0 amide bonds. The molecule has 1 aromatic heterocycles. The molecule has 13 heteroatoms. The summed E-state index contributed by atoms with van der Waals surface area (Å²) in [6, 6.07) is 4.08. The van der Waals surface area contributed by atoms with Crippen molar-refractivity contribution >= 4 is 34.9 Å². The summed E-state index contributed by atoms with van der Waals surface area (Å²) in [7, 11) is 4.40. The molecule has 170 valence electrons. The molecule has 32 heavy (non-hydrogen) atoms. The fourth-order valence-corrected chi connectivity index (χ4v) is 3.10. The van der Waals surface area contributed by atoms with Crippen LogP contribution in [0.3, 0.4) is 0 Å². The number of nitrogens with one attached hydrogen (secondary N) is 2. The predicted octanol–water partition coefficient (Wildman–Crippen LogP) is 1.28. The molecule has 2 N–H and O–H groups in total. The van der Waals surface area contributed by atoms with Crippen molar-refractivity contribution in [2.24, 2.45) is 0 Å². The third-order valence-electron chi connectivity index (χ3n) is 4.81. The van der Waals surface area contributed by atoms with Crippen molar-refractivity contribution in [2.45, 2.75) is 0 Å². The second kappa shape index (κ2) is 9.98. The van der Waals surface area contributed by atoms with Gasteiger partial charge >= 0.3 is 17.6 Å². The van der Waals surface area contributed by atoms with E-state index in [0.717, 1.165) is 13.1 Å². The monoisotopic (exact) mass is 445 g/mol. The van der Waals surface area contributed by atoms with E-state index < -0.39 is 16.9 Å². The third kappa shape index (κ3) is 5.25. The van der Waals surface area contributed by atoms with Crippen molar-refractivity contribution in [2.75, 3.05) is 58.2 Å². The number of methoxy groups -OCH3 is 2. The lowest BCUT2D eigenvalue weighted by molar-refractivity contribution is -0.383. The number of nitrogens with zero attached hydrogens (tertiary/aromatic N) is 5. The van der Waals surface area contributed by atoms with Crippen LogP contribution in [0.1, 0.15) is 20.7 Å². The lowest BCUT2D eigenvalue weighted by Gasteiger charge is -2.32. The van der Waals surface area contributed by atoms with Gasteiger partial charge in [-0.3, -0.25) is 15.5 Å². The largest absolute Gasteiger partial charge is 0.465 e. The highest BCUT2D eigenvalue weighted by atomic mass is 16.6. The lowest BCUT2D eigenvalue weighted by Crippen LogP contribution is -2.47. The Kier molecular flexibility index (Phi) is 7.12. The Labute approximate surface area is 183 Å². The first-order valence-electron chi connectivity index (χ1n) is 9.60. The van der Waals surface area contributed by atoms with Crippen LogP contribution in [-0.4, -0.2) is 84.2 Å². The van der Waals surface area contributed by atoms with Gasteiger partial charge in [-0.2, -0.15) is 0 Å². The van der Waals surface area contributed by atoms with Gasteiger partial charge in [-0.05, 0) is 25.2 Å². The minimum absolute atomic E-state index is 0.0226. The van der Waals surface area contributed by atoms with Crippen LogP contribution in [0.15, 0.2) is 24.5 Å². The van der Waals surface area contributed by atoms with E-state index in [-0.39, 0.29) is 34.1 Å². The number of aromatic nitrogens is 2. The molecule has 0 unspecified atom stereocenters.